The number of methoxy groups -OCH3 is 1. The molecule has 2 rings (SSSR count). The van der Waals surface area contributed by atoms with Gasteiger partial charge in [0.1, 0.15) is 0 Å². The van der Waals surface area contributed by atoms with Crippen LogP contribution in [0.15, 0.2) is 0 Å². The van der Waals surface area contributed by atoms with E-state index in [0.29, 0.717) is 17.4 Å². The maximum atomic E-state index is 9.89. The molecule has 1 saturated heterocycles. The zero-order chi connectivity index (χ0) is 12.5. The smallest absolute Gasteiger partial charge is 0.0555 e. The van der Waals surface area contributed by atoms with Crippen LogP contribution in [0.5, 0.6) is 0 Å². The van der Waals surface area contributed by atoms with E-state index in [1.165, 1.54) is 13.0 Å². The Balaban J connectivity index is 1.96. The second kappa shape index (κ2) is 5.25. The highest BCUT2D eigenvalue weighted by atomic mass is 16.5. The molecule has 2 fully saturated rings. The molecule has 0 aromatic carbocycles. The molecule has 3 heteroatoms. The van der Waals surface area contributed by atoms with E-state index in [4.69, 9.17) is 4.74 Å². The Morgan fingerprint density at radius 3 is 2.82 bits per heavy atom. The molecule has 0 bridgehead atoms. The van der Waals surface area contributed by atoms with Crippen molar-refractivity contribution < 1.29 is 9.84 Å². The summed E-state index contributed by atoms with van der Waals surface area (Å²) in [5, 5.41) is 9.89. The van der Waals surface area contributed by atoms with E-state index < -0.39 is 0 Å². The number of aliphatic hydroxyl groups is 1. The fourth-order valence-electron chi connectivity index (χ4n) is 3.56. The van der Waals surface area contributed by atoms with Crippen LogP contribution >= 0.6 is 0 Å². The predicted molar refractivity (Wildman–Crippen MR) is 69.0 cm³/mol. The molecular formula is C14H27NO2. The molecule has 0 amide bonds. The number of likely N-dealkylation sites (tertiary alicyclic amines) is 1. The third kappa shape index (κ3) is 3.01. The van der Waals surface area contributed by atoms with Crippen LogP contribution in [0.25, 0.3) is 0 Å². The molecule has 1 aliphatic heterocycles. The monoisotopic (exact) mass is 241 g/mol. The molecule has 1 N–H and O–H groups in total. The van der Waals surface area contributed by atoms with Gasteiger partial charge in [-0.1, -0.05) is 13.8 Å². The van der Waals surface area contributed by atoms with Crippen molar-refractivity contribution in [3.63, 3.8) is 0 Å². The van der Waals surface area contributed by atoms with Gasteiger partial charge in [0.05, 0.1) is 12.7 Å². The summed E-state index contributed by atoms with van der Waals surface area (Å²) < 4.78 is 5.26. The number of hydrogen-bond acceptors (Lipinski definition) is 3. The summed E-state index contributed by atoms with van der Waals surface area (Å²) in [5.41, 5.74) is 0.348. The number of rotatable bonds is 3. The molecule has 0 radical (unpaired) electrons. The van der Waals surface area contributed by atoms with E-state index in [9.17, 15) is 5.11 Å². The molecule has 3 atom stereocenters. The number of hydrogen-bond donors (Lipinski definition) is 1. The first-order valence-electron chi connectivity index (χ1n) is 6.94. The van der Waals surface area contributed by atoms with Crippen molar-refractivity contribution in [1.82, 2.24) is 4.90 Å². The molecular weight excluding hydrogens is 214 g/mol. The maximum Gasteiger partial charge on any atom is 0.0555 e. The molecule has 0 aromatic rings. The lowest BCUT2D eigenvalue weighted by Crippen LogP contribution is -2.49. The lowest BCUT2D eigenvalue weighted by Gasteiger charge is -2.45. The first-order valence-corrected chi connectivity index (χ1v) is 6.94. The summed E-state index contributed by atoms with van der Waals surface area (Å²) in [5.74, 6) is 0.690. The van der Waals surface area contributed by atoms with Gasteiger partial charge in [-0.15, -0.1) is 0 Å². The molecule has 1 heterocycles. The average molecular weight is 241 g/mol. The van der Waals surface area contributed by atoms with Crippen LogP contribution in [0.2, 0.25) is 0 Å². The van der Waals surface area contributed by atoms with E-state index in [-0.39, 0.29) is 6.10 Å². The van der Waals surface area contributed by atoms with Gasteiger partial charge in [-0.2, -0.15) is 0 Å². The van der Waals surface area contributed by atoms with Gasteiger partial charge >= 0.3 is 0 Å². The second-order valence-electron chi connectivity index (χ2n) is 6.54. The van der Waals surface area contributed by atoms with Gasteiger partial charge in [-0.3, -0.25) is 4.90 Å². The maximum absolute atomic E-state index is 9.89. The van der Waals surface area contributed by atoms with E-state index in [0.717, 1.165) is 32.4 Å². The first kappa shape index (κ1) is 13.3. The van der Waals surface area contributed by atoms with Crippen molar-refractivity contribution in [2.45, 2.75) is 51.7 Å². The minimum Gasteiger partial charge on any atom is -0.393 e. The van der Waals surface area contributed by atoms with Gasteiger partial charge in [0.25, 0.3) is 0 Å². The lowest BCUT2D eigenvalue weighted by molar-refractivity contribution is -0.00480. The summed E-state index contributed by atoms with van der Waals surface area (Å²) >= 11 is 0. The Morgan fingerprint density at radius 2 is 2.12 bits per heavy atom. The molecule has 2 aliphatic rings. The number of aliphatic hydroxyl groups excluding tert-OH is 1. The molecule has 100 valence electrons. The minimum atomic E-state index is -0.0884. The first-order chi connectivity index (χ1) is 8.03. The van der Waals surface area contributed by atoms with Crippen LogP contribution in [0.3, 0.4) is 0 Å². The average Bonchev–Trinajstić information content (AvgIpc) is 2.71. The topological polar surface area (TPSA) is 32.7 Å². The summed E-state index contributed by atoms with van der Waals surface area (Å²) in [4.78, 5) is 2.59. The highest BCUT2D eigenvalue weighted by Crippen LogP contribution is 2.40. The third-order valence-corrected chi connectivity index (χ3v) is 4.68. The van der Waals surface area contributed by atoms with Gasteiger partial charge in [0, 0.05) is 19.7 Å². The molecule has 0 aromatic heterocycles. The van der Waals surface area contributed by atoms with Gasteiger partial charge in [-0.25, -0.2) is 0 Å². The highest BCUT2D eigenvalue weighted by Gasteiger charge is 2.41. The van der Waals surface area contributed by atoms with Crippen LogP contribution in [0.4, 0.5) is 0 Å². The molecule has 0 spiro atoms. The fraction of sp³-hybridized carbons (Fsp3) is 1.00. The summed E-state index contributed by atoms with van der Waals surface area (Å²) in [6, 6.07) is 0.549. The van der Waals surface area contributed by atoms with Gasteiger partial charge in [0.15, 0.2) is 0 Å². The zero-order valence-corrected chi connectivity index (χ0v) is 11.5. The normalized spacial score (nSPS) is 38.5. The summed E-state index contributed by atoms with van der Waals surface area (Å²) in [6.45, 7) is 7.91. The zero-order valence-electron chi connectivity index (χ0n) is 11.5. The largest absolute Gasteiger partial charge is 0.393 e. The van der Waals surface area contributed by atoms with Gasteiger partial charge < -0.3 is 9.84 Å². The quantitative estimate of drug-likeness (QED) is 0.819. The third-order valence-electron chi connectivity index (χ3n) is 4.68. The summed E-state index contributed by atoms with van der Waals surface area (Å²) in [7, 11) is 1.79. The molecule has 3 nitrogen and oxygen atoms in total. The van der Waals surface area contributed by atoms with Crippen molar-refractivity contribution in [3.8, 4) is 0 Å². The van der Waals surface area contributed by atoms with Gasteiger partial charge in [0.2, 0.25) is 0 Å². The molecule has 3 unspecified atom stereocenters. The van der Waals surface area contributed by atoms with Crippen LogP contribution < -0.4 is 0 Å². The van der Waals surface area contributed by atoms with Crippen LogP contribution in [0.1, 0.15) is 39.5 Å². The Hall–Kier alpha value is -0.120. The van der Waals surface area contributed by atoms with E-state index in [2.05, 4.69) is 18.7 Å². The predicted octanol–water partition coefficient (Wildman–Crippen LogP) is 1.89. The van der Waals surface area contributed by atoms with Crippen molar-refractivity contribution >= 4 is 0 Å². The van der Waals surface area contributed by atoms with Crippen molar-refractivity contribution in [2.24, 2.45) is 11.3 Å². The number of nitrogens with zero attached hydrogens (tertiary/aromatic N) is 1. The van der Waals surface area contributed by atoms with Gasteiger partial charge in [-0.05, 0) is 43.6 Å². The number of ether oxygens (including phenoxy) is 1. The Bertz CT molecular complexity index is 255. The van der Waals surface area contributed by atoms with Crippen LogP contribution in [0, 0.1) is 11.3 Å². The van der Waals surface area contributed by atoms with E-state index in [1.54, 1.807) is 7.11 Å². The molecule has 1 aliphatic carbocycles. The van der Waals surface area contributed by atoms with Crippen LogP contribution in [-0.2, 0) is 4.74 Å². The van der Waals surface area contributed by atoms with E-state index >= 15 is 0 Å². The Morgan fingerprint density at radius 1 is 1.35 bits per heavy atom. The minimum absolute atomic E-state index is 0.0884. The fourth-order valence-corrected chi connectivity index (χ4v) is 3.56. The van der Waals surface area contributed by atoms with Crippen molar-refractivity contribution in [1.29, 1.82) is 0 Å². The summed E-state index contributed by atoms with van der Waals surface area (Å²) in [6.07, 6.45) is 4.22. The Labute approximate surface area is 105 Å². The Kier molecular flexibility index (Phi) is 4.11. The van der Waals surface area contributed by atoms with Crippen LogP contribution in [-0.4, -0.2) is 49.0 Å². The molecule has 17 heavy (non-hydrogen) atoms. The lowest BCUT2D eigenvalue weighted by atomic mass is 9.71. The van der Waals surface area contributed by atoms with Crippen molar-refractivity contribution in [3.05, 3.63) is 0 Å². The SMILES string of the molecule is COCC1CCN(C2CC(O)CCC2(C)C)C1. The second-order valence-corrected chi connectivity index (χ2v) is 6.54. The standard InChI is InChI=1S/C14H27NO2/c1-14(2)6-4-12(16)8-13(14)15-7-5-11(9-15)10-17-3/h11-13,16H,4-10H2,1-3H3. The molecule has 1 saturated carbocycles. The highest BCUT2D eigenvalue weighted by molar-refractivity contribution is 4.95. The van der Waals surface area contributed by atoms with Crippen molar-refractivity contribution in [2.75, 3.05) is 26.8 Å². The van der Waals surface area contributed by atoms with E-state index in [1.807, 2.05) is 0 Å².